The molecule has 1 heterocycles. The zero-order valence-corrected chi connectivity index (χ0v) is 13.1. The van der Waals surface area contributed by atoms with Crippen LogP contribution in [0.2, 0.25) is 0 Å². The monoisotopic (exact) mass is 305 g/mol. The summed E-state index contributed by atoms with van der Waals surface area (Å²) in [7, 11) is 0. The topological polar surface area (TPSA) is 49.7 Å². The van der Waals surface area contributed by atoms with Crippen LogP contribution in [0.5, 0.6) is 0 Å². The van der Waals surface area contributed by atoms with Crippen molar-refractivity contribution in [3.63, 3.8) is 0 Å². The van der Waals surface area contributed by atoms with Gasteiger partial charge in [0.15, 0.2) is 0 Å². The number of hydrogen-bond acceptors (Lipinski definition) is 2. The average molecular weight is 305 g/mol. The number of hydrogen-bond donors (Lipinski definition) is 1. The fraction of sp³-hybridized carbons (Fsp3) is 0.200. The van der Waals surface area contributed by atoms with Gasteiger partial charge in [0, 0.05) is 17.7 Å². The minimum Gasteiger partial charge on any atom is -0.481 e. The van der Waals surface area contributed by atoms with Crippen LogP contribution >= 0.6 is 0 Å². The molecule has 0 spiro atoms. The van der Waals surface area contributed by atoms with E-state index in [0.717, 1.165) is 22.4 Å². The predicted molar refractivity (Wildman–Crippen MR) is 92.5 cm³/mol. The van der Waals surface area contributed by atoms with Crippen LogP contribution in [-0.2, 0) is 10.3 Å². The van der Waals surface area contributed by atoms with Gasteiger partial charge in [-0.15, -0.1) is 0 Å². The lowest BCUT2D eigenvalue weighted by atomic mass is 9.85. The van der Waals surface area contributed by atoms with E-state index in [1.54, 1.807) is 0 Å². The molecular formula is C20H19NO2. The van der Waals surface area contributed by atoms with Gasteiger partial charge in [0.25, 0.3) is 0 Å². The van der Waals surface area contributed by atoms with E-state index in [2.05, 4.69) is 18.2 Å². The van der Waals surface area contributed by atoms with Gasteiger partial charge < -0.3 is 5.11 Å². The van der Waals surface area contributed by atoms with Gasteiger partial charge in [-0.05, 0) is 30.5 Å². The van der Waals surface area contributed by atoms with Crippen LogP contribution in [0.4, 0.5) is 0 Å². The largest absolute Gasteiger partial charge is 0.481 e. The summed E-state index contributed by atoms with van der Waals surface area (Å²) in [5.74, 6) is -0.797. The Hall–Kier alpha value is -2.68. The number of rotatable bonds is 5. The zero-order valence-electron chi connectivity index (χ0n) is 13.1. The Morgan fingerprint density at radius 2 is 1.65 bits per heavy atom. The average Bonchev–Trinajstić information content (AvgIpc) is 2.93. The standard InChI is InChI=1S/C20H19NO2/c1-15-18(16-8-4-2-5-9-16)14-20(21-15,13-12-19(22)23)17-10-6-3-7-11-17/h2-11,14H,12-13H2,1H3,(H,22,23). The number of carboxylic acid groups (broad SMARTS) is 1. The van der Waals surface area contributed by atoms with E-state index in [1.807, 2.05) is 55.5 Å². The molecule has 0 fully saturated rings. The summed E-state index contributed by atoms with van der Waals surface area (Å²) in [5, 5.41) is 9.11. The third kappa shape index (κ3) is 3.09. The van der Waals surface area contributed by atoms with Crippen LogP contribution in [0.3, 0.4) is 0 Å². The van der Waals surface area contributed by atoms with Crippen LogP contribution in [0.1, 0.15) is 30.9 Å². The van der Waals surface area contributed by atoms with Crippen molar-refractivity contribution in [3.05, 3.63) is 77.9 Å². The molecule has 0 bridgehead atoms. The van der Waals surface area contributed by atoms with Gasteiger partial charge in [-0.2, -0.15) is 0 Å². The molecule has 0 amide bonds. The molecular weight excluding hydrogens is 286 g/mol. The third-order valence-corrected chi connectivity index (χ3v) is 4.22. The maximum atomic E-state index is 11.1. The number of aliphatic carboxylic acids is 1. The Balaban J connectivity index is 2.07. The zero-order chi connectivity index (χ0) is 16.3. The Labute approximate surface area is 136 Å². The predicted octanol–water partition coefficient (Wildman–Crippen LogP) is 4.30. The van der Waals surface area contributed by atoms with Gasteiger partial charge in [-0.3, -0.25) is 9.79 Å². The van der Waals surface area contributed by atoms with Gasteiger partial charge in [-0.25, -0.2) is 0 Å². The second-order valence-corrected chi connectivity index (χ2v) is 5.81. The fourth-order valence-corrected chi connectivity index (χ4v) is 3.09. The Kier molecular flexibility index (Phi) is 4.11. The number of carbonyl (C=O) groups is 1. The summed E-state index contributed by atoms with van der Waals surface area (Å²) < 4.78 is 0. The summed E-state index contributed by atoms with van der Waals surface area (Å²) >= 11 is 0. The minimum absolute atomic E-state index is 0.0875. The van der Waals surface area contributed by atoms with Gasteiger partial charge in [-0.1, -0.05) is 60.7 Å². The van der Waals surface area contributed by atoms with Crippen molar-refractivity contribution in [1.82, 2.24) is 0 Å². The Bertz CT molecular complexity index is 763. The lowest BCUT2D eigenvalue weighted by Gasteiger charge is -2.24. The quantitative estimate of drug-likeness (QED) is 0.895. The smallest absolute Gasteiger partial charge is 0.303 e. The molecule has 1 aliphatic rings. The van der Waals surface area contributed by atoms with Crippen molar-refractivity contribution >= 4 is 17.3 Å². The highest BCUT2D eigenvalue weighted by atomic mass is 16.4. The molecule has 1 unspecified atom stereocenters. The molecule has 3 rings (SSSR count). The van der Waals surface area contributed by atoms with E-state index >= 15 is 0 Å². The molecule has 0 aromatic heterocycles. The van der Waals surface area contributed by atoms with Gasteiger partial charge in [0.1, 0.15) is 5.54 Å². The van der Waals surface area contributed by atoms with Crippen molar-refractivity contribution in [3.8, 4) is 0 Å². The first-order valence-electron chi connectivity index (χ1n) is 7.73. The lowest BCUT2D eigenvalue weighted by molar-refractivity contribution is -0.137. The SMILES string of the molecule is CC1=NC(CCC(=O)O)(c2ccccc2)C=C1c1ccccc1. The summed E-state index contributed by atoms with van der Waals surface area (Å²) in [6.07, 6.45) is 2.67. The first kappa shape index (κ1) is 15.2. The molecule has 0 saturated carbocycles. The summed E-state index contributed by atoms with van der Waals surface area (Å²) in [5.41, 5.74) is 3.59. The van der Waals surface area contributed by atoms with Crippen molar-refractivity contribution in [2.45, 2.75) is 25.3 Å². The van der Waals surface area contributed by atoms with Gasteiger partial charge in [0.2, 0.25) is 0 Å². The summed E-state index contributed by atoms with van der Waals surface area (Å²) in [6.45, 7) is 1.99. The molecule has 3 nitrogen and oxygen atoms in total. The van der Waals surface area contributed by atoms with Gasteiger partial charge >= 0.3 is 5.97 Å². The van der Waals surface area contributed by atoms with Crippen LogP contribution in [-0.4, -0.2) is 16.8 Å². The number of allylic oxidation sites excluding steroid dienone is 1. The molecule has 2 aromatic rings. The maximum absolute atomic E-state index is 11.1. The van der Waals surface area contributed by atoms with E-state index in [9.17, 15) is 4.79 Å². The fourth-order valence-electron chi connectivity index (χ4n) is 3.09. The van der Waals surface area contributed by atoms with E-state index in [0.29, 0.717) is 6.42 Å². The lowest BCUT2D eigenvalue weighted by Crippen LogP contribution is -2.20. The molecule has 0 aliphatic carbocycles. The van der Waals surface area contributed by atoms with Crippen LogP contribution < -0.4 is 0 Å². The number of aliphatic imine (C=N–C) groups is 1. The van der Waals surface area contributed by atoms with Crippen molar-refractivity contribution in [2.24, 2.45) is 4.99 Å². The van der Waals surface area contributed by atoms with Crippen LogP contribution in [0.25, 0.3) is 5.57 Å². The molecule has 1 aliphatic heterocycles. The molecule has 116 valence electrons. The van der Waals surface area contributed by atoms with Gasteiger partial charge in [0.05, 0.1) is 0 Å². The Morgan fingerprint density at radius 1 is 1.04 bits per heavy atom. The molecule has 2 aromatic carbocycles. The van der Waals surface area contributed by atoms with Crippen molar-refractivity contribution in [2.75, 3.05) is 0 Å². The molecule has 23 heavy (non-hydrogen) atoms. The number of nitrogens with zero attached hydrogens (tertiary/aromatic N) is 1. The first-order valence-corrected chi connectivity index (χ1v) is 7.73. The highest BCUT2D eigenvalue weighted by molar-refractivity contribution is 6.24. The second-order valence-electron chi connectivity index (χ2n) is 5.81. The second kappa shape index (κ2) is 6.21. The van der Waals surface area contributed by atoms with Crippen molar-refractivity contribution < 1.29 is 9.90 Å². The Morgan fingerprint density at radius 3 is 2.26 bits per heavy atom. The van der Waals surface area contributed by atoms with E-state index in [1.165, 1.54) is 0 Å². The third-order valence-electron chi connectivity index (χ3n) is 4.22. The highest BCUT2D eigenvalue weighted by Crippen LogP contribution is 2.41. The van der Waals surface area contributed by atoms with Crippen LogP contribution in [0.15, 0.2) is 71.7 Å². The van der Waals surface area contributed by atoms with Crippen LogP contribution in [0, 0.1) is 0 Å². The molecule has 0 saturated heterocycles. The van der Waals surface area contributed by atoms with E-state index in [-0.39, 0.29) is 6.42 Å². The number of carboxylic acids is 1. The van der Waals surface area contributed by atoms with E-state index in [4.69, 9.17) is 10.1 Å². The summed E-state index contributed by atoms with van der Waals surface area (Å²) in [6, 6.07) is 20.0. The summed E-state index contributed by atoms with van der Waals surface area (Å²) in [4.78, 5) is 16.0. The molecule has 3 heteroatoms. The normalized spacial score (nSPS) is 20.0. The first-order chi connectivity index (χ1) is 11.1. The van der Waals surface area contributed by atoms with Crippen molar-refractivity contribution in [1.29, 1.82) is 0 Å². The molecule has 1 N–H and O–H groups in total. The minimum atomic E-state index is -0.797. The van der Waals surface area contributed by atoms with E-state index < -0.39 is 11.5 Å². The maximum Gasteiger partial charge on any atom is 0.303 e. The highest BCUT2D eigenvalue weighted by Gasteiger charge is 2.35. The molecule has 0 radical (unpaired) electrons. The number of benzene rings is 2. The molecule has 1 atom stereocenters.